The highest BCUT2D eigenvalue weighted by Gasteiger charge is 2.44. The van der Waals surface area contributed by atoms with Crippen molar-refractivity contribution in [2.45, 2.75) is 5.92 Å². The van der Waals surface area contributed by atoms with Crippen LogP contribution in [0.25, 0.3) is 0 Å². The molecular weight excluding hydrogens is 307 g/mol. The fraction of sp³-hybridized carbons (Fsp3) is 0.267. The topological polar surface area (TPSA) is 79.2 Å². The third-order valence-corrected chi connectivity index (χ3v) is 4.16. The predicted molar refractivity (Wildman–Crippen MR) is 78.9 cm³/mol. The maximum Gasteiger partial charge on any atom is 0.319 e. The summed E-state index contributed by atoms with van der Waals surface area (Å²) >= 11 is 1.16. The van der Waals surface area contributed by atoms with Crippen molar-refractivity contribution in [3.05, 3.63) is 46.2 Å². The Kier molecular flexibility index (Phi) is 4.83. The monoisotopic (exact) mass is 320 g/mol. The number of rotatable bonds is 3. The molecule has 1 N–H and O–H groups in total. The Morgan fingerprint density at radius 1 is 1.45 bits per heavy atom. The smallest absolute Gasteiger partial charge is 0.319 e. The Labute approximate surface area is 131 Å². The summed E-state index contributed by atoms with van der Waals surface area (Å²) in [6.07, 6.45) is 1.68. The van der Waals surface area contributed by atoms with Gasteiger partial charge >= 0.3 is 5.97 Å². The number of halogens is 1. The number of benzene rings is 1. The lowest BCUT2D eigenvalue weighted by Gasteiger charge is -2.30. The standard InChI is InChI=1S/C15H13FN2O3S/c1-21-15(20)12-11(8-5-3-4-6-10(8)16)9(7-17)14(22-2)18-13(12)19/h3-6,11-12H,1-2H3,(H,18,19)/t11-,12-/m1/s1. The minimum Gasteiger partial charge on any atom is -0.468 e. The molecule has 0 saturated heterocycles. The Hall–Kier alpha value is -2.33. The number of methoxy groups -OCH3 is 1. The lowest BCUT2D eigenvalue weighted by Crippen LogP contribution is -2.44. The van der Waals surface area contributed by atoms with Crippen molar-refractivity contribution >= 4 is 23.6 Å². The van der Waals surface area contributed by atoms with Crippen LogP contribution in [0.1, 0.15) is 11.5 Å². The van der Waals surface area contributed by atoms with Crippen LogP contribution in [-0.2, 0) is 14.3 Å². The third kappa shape index (κ3) is 2.70. The number of esters is 1. The molecule has 1 aliphatic heterocycles. The maximum absolute atomic E-state index is 14.2. The van der Waals surface area contributed by atoms with Gasteiger partial charge in [0.1, 0.15) is 11.7 Å². The molecule has 1 heterocycles. The Bertz CT molecular complexity index is 696. The molecule has 22 heavy (non-hydrogen) atoms. The van der Waals surface area contributed by atoms with E-state index >= 15 is 0 Å². The van der Waals surface area contributed by atoms with Crippen molar-refractivity contribution in [3.8, 4) is 6.07 Å². The normalized spacial score (nSPS) is 21.1. The van der Waals surface area contributed by atoms with Gasteiger partial charge in [-0.1, -0.05) is 18.2 Å². The van der Waals surface area contributed by atoms with E-state index in [1.165, 1.54) is 18.2 Å². The highest BCUT2D eigenvalue weighted by molar-refractivity contribution is 8.02. The predicted octanol–water partition coefficient (Wildman–Crippen LogP) is 1.93. The molecule has 0 aliphatic carbocycles. The number of carbonyl (C=O) groups is 2. The molecule has 0 radical (unpaired) electrons. The number of hydrogen-bond donors (Lipinski definition) is 1. The number of nitrogens with one attached hydrogen (secondary N) is 1. The summed E-state index contributed by atoms with van der Waals surface area (Å²) in [6, 6.07) is 7.76. The summed E-state index contributed by atoms with van der Waals surface area (Å²) in [5.41, 5.74) is 0.267. The first-order valence-corrected chi connectivity index (χ1v) is 7.59. The molecule has 0 bridgehead atoms. The van der Waals surface area contributed by atoms with E-state index in [2.05, 4.69) is 10.1 Å². The van der Waals surface area contributed by atoms with E-state index in [4.69, 9.17) is 0 Å². The van der Waals surface area contributed by atoms with E-state index in [-0.39, 0.29) is 11.1 Å². The van der Waals surface area contributed by atoms with Gasteiger partial charge in [0, 0.05) is 5.92 Å². The first kappa shape index (κ1) is 16.0. The average Bonchev–Trinajstić information content (AvgIpc) is 2.53. The number of nitrogens with zero attached hydrogens (tertiary/aromatic N) is 1. The number of nitriles is 1. The van der Waals surface area contributed by atoms with Crippen LogP contribution in [0, 0.1) is 23.1 Å². The summed E-state index contributed by atoms with van der Waals surface area (Å²) in [6.45, 7) is 0. The highest BCUT2D eigenvalue weighted by Crippen LogP contribution is 2.40. The lowest BCUT2D eigenvalue weighted by molar-refractivity contribution is -0.150. The SMILES string of the molecule is COC(=O)[C@H]1C(=O)NC(SC)=C(C#N)[C@H]1c1ccccc1F. The third-order valence-electron chi connectivity index (χ3n) is 3.43. The molecule has 114 valence electrons. The molecule has 0 aromatic heterocycles. The van der Waals surface area contributed by atoms with Crippen molar-refractivity contribution < 1.29 is 18.7 Å². The van der Waals surface area contributed by atoms with E-state index in [1.54, 1.807) is 12.3 Å². The molecule has 1 aromatic rings. The maximum atomic E-state index is 14.2. The molecule has 0 unspecified atom stereocenters. The molecule has 0 spiro atoms. The quantitative estimate of drug-likeness (QED) is 0.680. The Morgan fingerprint density at radius 3 is 2.68 bits per heavy atom. The Balaban J connectivity index is 2.69. The molecule has 2 rings (SSSR count). The summed E-state index contributed by atoms with van der Waals surface area (Å²) in [5, 5.41) is 12.3. The molecule has 5 nitrogen and oxygen atoms in total. The van der Waals surface area contributed by atoms with Crippen LogP contribution in [0.15, 0.2) is 34.9 Å². The van der Waals surface area contributed by atoms with Crippen LogP contribution in [0.4, 0.5) is 4.39 Å². The van der Waals surface area contributed by atoms with Crippen LogP contribution in [0.2, 0.25) is 0 Å². The van der Waals surface area contributed by atoms with Crippen molar-refractivity contribution in [1.29, 1.82) is 5.26 Å². The van der Waals surface area contributed by atoms with Gasteiger partial charge in [-0.15, -0.1) is 11.8 Å². The Morgan fingerprint density at radius 2 is 2.14 bits per heavy atom. The zero-order valence-electron chi connectivity index (χ0n) is 11.9. The highest BCUT2D eigenvalue weighted by atomic mass is 32.2. The van der Waals surface area contributed by atoms with Gasteiger partial charge in [-0.2, -0.15) is 5.26 Å². The molecule has 1 amide bonds. The van der Waals surface area contributed by atoms with E-state index in [0.717, 1.165) is 18.9 Å². The lowest BCUT2D eigenvalue weighted by atomic mass is 9.78. The zero-order chi connectivity index (χ0) is 16.3. The summed E-state index contributed by atoms with van der Waals surface area (Å²) < 4.78 is 18.8. The van der Waals surface area contributed by atoms with Gasteiger partial charge in [0.25, 0.3) is 0 Å². The minimum absolute atomic E-state index is 0.121. The van der Waals surface area contributed by atoms with E-state index in [9.17, 15) is 19.2 Å². The van der Waals surface area contributed by atoms with Crippen LogP contribution < -0.4 is 5.32 Å². The van der Waals surface area contributed by atoms with Crippen LogP contribution in [-0.4, -0.2) is 25.2 Å². The molecule has 1 aliphatic rings. The zero-order valence-corrected chi connectivity index (χ0v) is 12.7. The molecule has 0 saturated carbocycles. The molecule has 0 fully saturated rings. The largest absolute Gasteiger partial charge is 0.468 e. The van der Waals surface area contributed by atoms with Gasteiger partial charge < -0.3 is 10.1 Å². The van der Waals surface area contributed by atoms with E-state index < -0.39 is 29.5 Å². The first-order valence-electron chi connectivity index (χ1n) is 6.36. The second-order valence-electron chi connectivity index (χ2n) is 4.55. The van der Waals surface area contributed by atoms with Gasteiger partial charge in [-0.3, -0.25) is 9.59 Å². The van der Waals surface area contributed by atoms with Crippen molar-refractivity contribution in [3.63, 3.8) is 0 Å². The number of thioether (sulfide) groups is 1. The van der Waals surface area contributed by atoms with E-state index in [0.29, 0.717) is 5.03 Å². The van der Waals surface area contributed by atoms with Gasteiger partial charge in [0.15, 0.2) is 0 Å². The minimum atomic E-state index is -1.30. The summed E-state index contributed by atoms with van der Waals surface area (Å²) in [7, 11) is 1.15. The van der Waals surface area contributed by atoms with Crippen LogP contribution >= 0.6 is 11.8 Å². The van der Waals surface area contributed by atoms with E-state index in [1.807, 2.05) is 6.07 Å². The van der Waals surface area contributed by atoms with Crippen molar-refractivity contribution in [1.82, 2.24) is 5.32 Å². The van der Waals surface area contributed by atoms with Crippen molar-refractivity contribution in [2.24, 2.45) is 5.92 Å². The van der Waals surface area contributed by atoms with Crippen molar-refractivity contribution in [2.75, 3.05) is 13.4 Å². The van der Waals surface area contributed by atoms with Gasteiger partial charge in [-0.05, 0) is 17.9 Å². The number of ether oxygens (including phenoxy) is 1. The summed E-state index contributed by atoms with van der Waals surface area (Å²) in [5.74, 6) is -4.30. The van der Waals surface area contributed by atoms with Gasteiger partial charge in [0.2, 0.25) is 5.91 Å². The fourth-order valence-electron chi connectivity index (χ4n) is 2.43. The van der Waals surface area contributed by atoms with Gasteiger partial charge in [0.05, 0.1) is 23.8 Å². The molecular formula is C15H13FN2O3S. The average molecular weight is 320 g/mol. The second-order valence-corrected chi connectivity index (χ2v) is 5.36. The number of amides is 1. The summed E-state index contributed by atoms with van der Waals surface area (Å²) in [4.78, 5) is 24.2. The number of hydrogen-bond acceptors (Lipinski definition) is 5. The fourth-order valence-corrected chi connectivity index (χ4v) is 3.03. The molecule has 2 atom stereocenters. The number of carbonyl (C=O) groups excluding carboxylic acids is 2. The second kappa shape index (κ2) is 6.62. The number of allylic oxidation sites excluding steroid dienone is 1. The molecule has 7 heteroatoms. The van der Waals surface area contributed by atoms with Crippen LogP contribution in [0.5, 0.6) is 0 Å². The van der Waals surface area contributed by atoms with Crippen LogP contribution in [0.3, 0.4) is 0 Å². The van der Waals surface area contributed by atoms with Gasteiger partial charge in [-0.25, -0.2) is 4.39 Å². The molecule has 1 aromatic carbocycles. The first-order chi connectivity index (χ1) is 10.5.